The van der Waals surface area contributed by atoms with Crippen molar-refractivity contribution in [1.29, 1.82) is 0 Å². The topological polar surface area (TPSA) is 126 Å². The van der Waals surface area contributed by atoms with Gasteiger partial charge in [-0.1, -0.05) is 29.5 Å². The third-order valence-electron chi connectivity index (χ3n) is 6.26. The molecule has 0 radical (unpaired) electrons. The number of aromatic nitrogens is 5. The van der Waals surface area contributed by atoms with E-state index in [1.54, 1.807) is 6.20 Å². The fourth-order valence-electron chi connectivity index (χ4n) is 4.31. The van der Waals surface area contributed by atoms with Gasteiger partial charge in [0.1, 0.15) is 16.5 Å². The fraction of sp³-hybridized carbons (Fsp3) is 0.375. The number of nitrogens with zero attached hydrogens (tertiary/aromatic N) is 7. The minimum atomic E-state index is 0.175. The van der Waals surface area contributed by atoms with E-state index in [2.05, 4.69) is 30.3 Å². The van der Waals surface area contributed by atoms with Crippen LogP contribution in [0.3, 0.4) is 0 Å². The number of aliphatic hydroxyl groups is 1. The van der Waals surface area contributed by atoms with Crippen molar-refractivity contribution in [3.05, 3.63) is 42.6 Å². The number of aliphatic hydroxyl groups excluding tert-OH is 1. The zero-order valence-electron chi connectivity index (χ0n) is 19.6. The Morgan fingerprint density at radius 2 is 1.86 bits per heavy atom. The highest BCUT2D eigenvalue weighted by molar-refractivity contribution is 7.18. The molecule has 1 aromatic carbocycles. The van der Waals surface area contributed by atoms with Crippen molar-refractivity contribution in [2.45, 2.75) is 6.42 Å². The molecule has 12 heteroatoms. The molecule has 36 heavy (non-hydrogen) atoms. The Bertz CT molecular complexity index is 1310. The van der Waals surface area contributed by atoms with Crippen molar-refractivity contribution < 1.29 is 14.3 Å². The Kier molecular flexibility index (Phi) is 6.45. The van der Waals surface area contributed by atoms with Gasteiger partial charge >= 0.3 is 0 Å². The van der Waals surface area contributed by atoms with Crippen LogP contribution in [0.25, 0.3) is 22.2 Å². The molecule has 1 atom stereocenters. The van der Waals surface area contributed by atoms with Crippen LogP contribution >= 0.6 is 11.3 Å². The molecule has 2 aliphatic heterocycles. The molecule has 5 heterocycles. The molecule has 3 aromatic heterocycles. The number of hydrogen-bond acceptors (Lipinski definition) is 12. The lowest BCUT2D eigenvalue weighted by atomic mass is 10.1. The Balaban J connectivity index is 1.24. The highest BCUT2D eigenvalue weighted by Crippen LogP contribution is 2.33. The number of nitrogens with one attached hydrogen (secondary N) is 1. The molecule has 0 unspecified atom stereocenters. The maximum absolute atomic E-state index is 9.58. The van der Waals surface area contributed by atoms with E-state index in [9.17, 15) is 5.11 Å². The molecule has 0 bridgehead atoms. The summed E-state index contributed by atoms with van der Waals surface area (Å²) in [6.07, 6.45) is 2.64. The number of hydrogen-bond donors (Lipinski definition) is 2. The average molecular weight is 507 g/mol. The molecule has 0 saturated carbocycles. The lowest BCUT2D eigenvalue weighted by Crippen LogP contribution is -2.37. The number of anilines is 4. The number of rotatable bonds is 7. The zero-order chi connectivity index (χ0) is 24.3. The summed E-state index contributed by atoms with van der Waals surface area (Å²) in [4.78, 5) is 19.2. The summed E-state index contributed by atoms with van der Waals surface area (Å²) in [6, 6.07) is 11.6. The van der Waals surface area contributed by atoms with E-state index in [4.69, 9.17) is 19.1 Å². The van der Waals surface area contributed by atoms with Gasteiger partial charge in [0.25, 0.3) is 5.89 Å². The standard InChI is InChI=1S/C24H26N8O3S/c33-15-16-6-7-32(14-16)23-26-19(12-20(28-23)31-8-10-34-11-9-31)27-24-25-13-18(36-24)22-30-29-21(35-22)17-4-2-1-3-5-17/h1-5,12-13,16,33H,6-11,14-15H2,(H,25,26,27,28)/t16-/m0/s1. The Morgan fingerprint density at radius 1 is 1.03 bits per heavy atom. The van der Waals surface area contributed by atoms with Crippen LogP contribution in [0.15, 0.2) is 47.0 Å². The van der Waals surface area contributed by atoms with Crippen LogP contribution in [-0.4, -0.2) is 76.3 Å². The van der Waals surface area contributed by atoms with Crippen LogP contribution in [0, 0.1) is 5.92 Å². The van der Waals surface area contributed by atoms with Crippen molar-refractivity contribution >= 4 is 34.1 Å². The minimum absolute atomic E-state index is 0.175. The summed E-state index contributed by atoms with van der Waals surface area (Å²) in [6.45, 7) is 4.63. The molecule has 0 spiro atoms. The second kappa shape index (κ2) is 10.2. The molecule has 11 nitrogen and oxygen atoms in total. The van der Waals surface area contributed by atoms with E-state index in [0.29, 0.717) is 41.9 Å². The van der Waals surface area contributed by atoms with Gasteiger partial charge in [0, 0.05) is 50.3 Å². The van der Waals surface area contributed by atoms with Gasteiger partial charge in [-0.2, -0.15) is 9.97 Å². The van der Waals surface area contributed by atoms with E-state index in [1.165, 1.54) is 11.3 Å². The van der Waals surface area contributed by atoms with E-state index < -0.39 is 0 Å². The van der Waals surface area contributed by atoms with Crippen LogP contribution in [0.5, 0.6) is 0 Å². The summed E-state index contributed by atoms with van der Waals surface area (Å²) >= 11 is 1.41. The van der Waals surface area contributed by atoms with Gasteiger partial charge < -0.3 is 29.4 Å². The monoisotopic (exact) mass is 506 g/mol. The van der Waals surface area contributed by atoms with Gasteiger partial charge in [-0.3, -0.25) is 0 Å². The van der Waals surface area contributed by atoms with Crippen molar-refractivity contribution in [1.82, 2.24) is 25.1 Å². The molecule has 2 saturated heterocycles. The third kappa shape index (κ3) is 4.87. The quantitative estimate of drug-likeness (QED) is 0.384. The van der Waals surface area contributed by atoms with E-state index >= 15 is 0 Å². The highest BCUT2D eigenvalue weighted by atomic mass is 32.1. The molecular weight excluding hydrogens is 480 g/mol. The molecule has 186 valence electrons. The molecule has 0 amide bonds. The first-order valence-corrected chi connectivity index (χ1v) is 12.8. The molecular formula is C24H26N8O3S. The largest absolute Gasteiger partial charge is 0.415 e. The van der Waals surface area contributed by atoms with Gasteiger partial charge in [0.05, 0.1) is 19.4 Å². The molecule has 6 rings (SSSR count). The maximum atomic E-state index is 9.58. The number of benzene rings is 1. The smallest absolute Gasteiger partial charge is 0.259 e. The Labute approximate surface area is 211 Å². The van der Waals surface area contributed by atoms with Crippen LogP contribution in [0.4, 0.5) is 22.7 Å². The van der Waals surface area contributed by atoms with Crippen molar-refractivity contribution in [3.63, 3.8) is 0 Å². The molecule has 4 aromatic rings. The predicted octanol–water partition coefficient (Wildman–Crippen LogP) is 3.05. The third-order valence-corrected chi connectivity index (χ3v) is 7.16. The summed E-state index contributed by atoms with van der Waals surface area (Å²) < 4.78 is 11.4. The SMILES string of the molecule is OC[C@H]1CCN(c2nc(Nc3ncc(-c4nnc(-c5ccccc5)o4)s3)cc(N3CCOCC3)n2)C1. The highest BCUT2D eigenvalue weighted by Gasteiger charge is 2.26. The van der Waals surface area contributed by atoms with Crippen molar-refractivity contribution in [2.75, 3.05) is 61.1 Å². The number of morpholine rings is 1. The fourth-order valence-corrected chi connectivity index (χ4v) is 5.05. The van der Waals surface area contributed by atoms with Gasteiger partial charge in [0.2, 0.25) is 11.8 Å². The van der Waals surface area contributed by atoms with Crippen molar-refractivity contribution in [2.24, 2.45) is 5.92 Å². The second-order valence-corrected chi connectivity index (χ2v) is 9.76. The zero-order valence-corrected chi connectivity index (χ0v) is 20.4. The number of ether oxygens (including phenoxy) is 1. The predicted molar refractivity (Wildman–Crippen MR) is 137 cm³/mol. The lowest BCUT2D eigenvalue weighted by Gasteiger charge is -2.29. The lowest BCUT2D eigenvalue weighted by molar-refractivity contribution is 0.122. The Morgan fingerprint density at radius 3 is 2.67 bits per heavy atom. The number of thiazole rings is 1. The van der Waals surface area contributed by atoms with E-state index in [-0.39, 0.29) is 12.5 Å². The van der Waals surface area contributed by atoms with Gasteiger partial charge in [-0.05, 0) is 18.6 Å². The normalized spacial score (nSPS) is 18.1. The second-order valence-electron chi connectivity index (χ2n) is 8.73. The van der Waals surface area contributed by atoms with Crippen LogP contribution in [0.1, 0.15) is 6.42 Å². The van der Waals surface area contributed by atoms with E-state index in [1.807, 2.05) is 36.4 Å². The first-order chi connectivity index (χ1) is 17.7. The summed E-state index contributed by atoms with van der Waals surface area (Å²) in [7, 11) is 0. The van der Waals surface area contributed by atoms with Crippen LogP contribution < -0.4 is 15.1 Å². The maximum Gasteiger partial charge on any atom is 0.259 e. The molecule has 2 aliphatic rings. The van der Waals surface area contributed by atoms with Gasteiger partial charge in [-0.25, -0.2) is 4.98 Å². The molecule has 2 fully saturated rings. The average Bonchev–Trinajstić information content (AvgIpc) is 3.70. The summed E-state index contributed by atoms with van der Waals surface area (Å²) in [5.41, 5.74) is 0.869. The summed E-state index contributed by atoms with van der Waals surface area (Å²) in [5.74, 6) is 3.29. The molecule has 0 aliphatic carbocycles. The minimum Gasteiger partial charge on any atom is -0.415 e. The van der Waals surface area contributed by atoms with Gasteiger partial charge in [0.15, 0.2) is 5.13 Å². The Hall–Kier alpha value is -3.61. The van der Waals surface area contributed by atoms with E-state index in [0.717, 1.165) is 48.9 Å². The molecule has 2 N–H and O–H groups in total. The van der Waals surface area contributed by atoms with Crippen LogP contribution in [-0.2, 0) is 4.74 Å². The first kappa shape index (κ1) is 22.8. The first-order valence-electron chi connectivity index (χ1n) is 11.9. The van der Waals surface area contributed by atoms with Crippen molar-refractivity contribution in [3.8, 4) is 22.2 Å². The summed E-state index contributed by atoms with van der Waals surface area (Å²) in [5, 5.41) is 21.9. The van der Waals surface area contributed by atoms with Crippen LogP contribution in [0.2, 0.25) is 0 Å². The van der Waals surface area contributed by atoms with Gasteiger partial charge in [-0.15, -0.1) is 10.2 Å².